The number of fused-ring (bicyclic) bond motifs is 2. The first-order valence-corrected chi connectivity index (χ1v) is 9.13. The number of ether oxygens (including phenoxy) is 2. The van der Waals surface area contributed by atoms with Gasteiger partial charge in [-0.15, -0.1) is 11.3 Å². The maximum absolute atomic E-state index is 12.5. The van der Waals surface area contributed by atoms with Crippen LogP contribution in [0.15, 0.2) is 39.9 Å². The average Bonchev–Trinajstić information content (AvgIpc) is 3.14. The first-order chi connectivity index (χ1) is 13.0. The molecule has 0 unspecified atom stereocenters. The SMILES string of the molecule is Cn1c(=O)c2cc(C(=O)NC[C@H]3COc4ccccc4O3)sc2n(C)c1=O. The number of thiophene rings is 1. The summed E-state index contributed by atoms with van der Waals surface area (Å²) in [5, 5.41) is 3.15. The van der Waals surface area contributed by atoms with E-state index in [4.69, 9.17) is 9.47 Å². The number of nitrogens with zero attached hydrogens (tertiary/aromatic N) is 2. The lowest BCUT2D eigenvalue weighted by Crippen LogP contribution is -2.40. The second kappa shape index (κ2) is 6.58. The van der Waals surface area contributed by atoms with Gasteiger partial charge in [-0.3, -0.25) is 18.7 Å². The quantitative estimate of drug-likeness (QED) is 0.720. The Kier molecular flexibility index (Phi) is 4.23. The highest BCUT2D eigenvalue weighted by Crippen LogP contribution is 2.30. The zero-order valence-corrected chi connectivity index (χ0v) is 15.5. The number of carbonyl (C=O) groups is 1. The van der Waals surface area contributed by atoms with Crippen molar-refractivity contribution in [2.45, 2.75) is 6.10 Å². The minimum Gasteiger partial charge on any atom is -0.486 e. The molecule has 8 nitrogen and oxygen atoms in total. The van der Waals surface area contributed by atoms with Gasteiger partial charge in [-0.1, -0.05) is 12.1 Å². The maximum atomic E-state index is 12.5. The van der Waals surface area contributed by atoms with Crippen molar-refractivity contribution in [1.82, 2.24) is 14.5 Å². The zero-order chi connectivity index (χ0) is 19.1. The van der Waals surface area contributed by atoms with E-state index in [-0.39, 0.29) is 18.6 Å². The Bertz CT molecular complexity index is 1160. The van der Waals surface area contributed by atoms with Gasteiger partial charge in [0.2, 0.25) is 0 Å². The normalized spacial score (nSPS) is 15.7. The number of carbonyl (C=O) groups excluding carboxylic acids is 1. The molecule has 9 heteroatoms. The Morgan fingerprint density at radius 3 is 2.74 bits per heavy atom. The topological polar surface area (TPSA) is 91.6 Å². The molecular weight excluding hydrogens is 370 g/mol. The molecule has 0 bridgehead atoms. The van der Waals surface area contributed by atoms with E-state index in [1.807, 2.05) is 24.3 Å². The van der Waals surface area contributed by atoms with E-state index < -0.39 is 11.2 Å². The molecule has 3 heterocycles. The zero-order valence-electron chi connectivity index (χ0n) is 14.7. The lowest BCUT2D eigenvalue weighted by Gasteiger charge is -2.26. The summed E-state index contributed by atoms with van der Waals surface area (Å²) < 4.78 is 13.8. The van der Waals surface area contributed by atoms with E-state index in [2.05, 4.69) is 5.32 Å². The van der Waals surface area contributed by atoms with Gasteiger partial charge in [0.1, 0.15) is 17.5 Å². The molecule has 0 fully saturated rings. The predicted molar refractivity (Wildman–Crippen MR) is 101 cm³/mol. The molecule has 0 radical (unpaired) electrons. The van der Waals surface area contributed by atoms with E-state index in [1.165, 1.54) is 17.7 Å². The summed E-state index contributed by atoms with van der Waals surface area (Å²) in [6.07, 6.45) is -0.310. The molecule has 4 rings (SSSR count). The Balaban J connectivity index is 1.51. The Labute approximate surface area is 157 Å². The smallest absolute Gasteiger partial charge is 0.331 e. The molecular formula is C18H17N3O5S. The van der Waals surface area contributed by atoms with E-state index >= 15 is 0 Å². The third-order valence-corrected chi connectivity index (χ3v) is 5.62. The summed E-state index contributed by atoms with van der Waals surface area (Å²) in [4.78, 5) is 37.6. The highest BCUT2D eigenvalue weighted by molar-refractivity contribution is 7.20. The van der Waals surface area contributed by atoms with E-state index in [9.17, 15) is 14.4 Å². The van der Waals surface area contributed by atoms with Crippen molar-refractivity contribution in [2.75, 3.05) is 13.2 Å². The van der Waals surface area contributed by atoms with Crippen molar-refractivity contribution in [3.63, 3.8) is 0 Å². The number of benzene rings is 1. The van der Waals surface area contributed by atoms with Crippen molar-refractivity contribution in [3.05, 3.63) is 56.0 Å². The number of hydrogen-bond acceptors (Lipinski definition) is 6. The van der Waals surface area contributed by atoms with Gasteiger partial charge in [-0.05, 0) is 18.2 Å². The third kappa shape index (κ3) is 2.99. The third-order valence-electron chi connectivity index (χ3n) is 4.41. The van der Waals surface area contributed by atoms with Gasteiger partial charge in [0, 0.05) is 14.1 Å². The number of aryl methyl sites for hydroxylation is 1. The number of aromatic nitrogens is 2. The van der Waals surface area contributed by atoms with Gasteiger partial charge in [-0.2, -0.15) is 0 Å². The van der Waals surface area contributed by atoms with Crippen molar-refractivity contribution in [1.29, 1.82) is 0 Å². The molecule has 0 saturated heterocycles. The minimum atomic E-state index is -0.423. The Morgan fingerprint density at radius 1 is 1.22 bits per heavy atom. The van der Waals surface area contributed by atoms with Gasteiger partial charge in [-0.25, -0.2) is 4.79 Å². The van der Waals surface area contributed by atoms with E-state index in [0.29, 0.717) is 33.2 Å². The standard InChI is InChI=1S/C18H17N3O5S/c1-20-16(23)11-7-14(27-17(11)21(2)18(20)24)15(22)19-8-10-9-25-12-5-3-4-6-13(12)26-10/h3-7,10H,8-9H2,1-2H3,(H,19,22)/t10-/m0/s1. The van der Waals surface area contributed by atoms with Crippen molar-refractivity contribution in [2.24, 2.45) is 14.1 Å². The van der Waals surface area contributed by atoms with Crippen LogP contribution in [0.1, 0.15) is 9.67 Å². The van der Waals surface area contributed by atoms with Crippen LogP contribution in [0.4, 0.5) is 0 Å². The van der Waals surface area contributed by atoms with Crippen LogP contribution < -0.4 is 26.0 Å². The van der Waals surface area contributed by atoms with Crippen molar-refractivity contribution < 1.29 is 14.3 Å². The van der Waals surface area contributed by atoms with Crippen LogP contribution in [0, 0.1) is 0 Å². The maximum Gasteiger partial charge on any atom is 0.331 e. The molecule has 140 valence electrons. The van der Waals surface area contributed by atoms with Crippen LogP contribution in [-0.2, 0) is 14.1 Å². The van der Waals surface area contributed by atoms with E-state index in [0.717, 1.165) is 15.9 Å². The molecule has 0 saturated carbocycles. The van der Waals surface area contributed by atoms with Crippen molar-refractivity contribution in [3.8, 4) is 11.5 Å². The van der Waals surface area contributed by atoms with Crippen LogP contribution in [0.5, 0.6) is 11.5 Å². The molecule has 2 aromatic heterocycles. The van der Waals surface area contributed by atoms with Crippen molar-refractivity contribution >= 4 is 27.5 Å². The first-order valence-electron chi connectivity index (χ1n) is 8.32. The van der Waals surface area contributed by atoms with Gasteiger partial charge < -0.3 is 14.8 Å². The first kappa shape index (κ1) is 17.3. The molecule has 1 aliphatic rings. The fourth-order valence-corrected chi connectivity index (χ4v) is 3.95. The fourth-order valence-electron chi connectivity index (χ4n) is 2.93. The molecule has 0 spiro atoms. The van der Waals surface area contributed by atoms with Crippen LogP contribution in [0.2, 0.25) is 0 Å². The Hall–Kier alpha value is -3.07. The number of amides is 1. The van der Waals surface area contributed by atoms with Crippen LogP contribution in [0.25, 0.3) is 10.2 Å². The Morgan fingerprint density at radius 2 is 1.96 bits per heavy atom. The van der Waals surface area contributed by atoms with Gasteiger partial charge >= 0.3 is 5.69 Å². The van der Waals surface area contributed by atoms with Crippen LogP contribution in [0.3, 0.4) is 0 Å². The second-order valence-corrected chi connectivity index (χ2v) is 7.27. The monoisotopic (exact) mass is 387 g/mol. The number of rotatable bonds is 3. The predicted octanol–water partition coefficient (Wildman–Crippen LogP) is 0.868. The second-order valence-electron chi connectivity index (χ2n) is 6.24. The molecule has 1 atom stereocenters. The molecule has 1 aromatic carbocycles. The summed E-state index contributed by atoms with van der Waals surface area (Å²) in [6.45, 7) is 0.594. The van der Waals surface area contributed by atoms with Gasteiger partial charge in [0.15, 0.2) is 11.5 Å². The summed E-state index contributed by atoms with van der Waals surface area (Å²) >= 11 is 1.11. The lowest BCUT2D eigenvalue weighted by atomic mass is 10.2. The molecule has 0 aliphatic carbocycles. The summed E-state index contributed by atoms with van der Waals surface area (Å²) in [7, 11) is 2.99. The van der Waals surface area contributed by atoms with Crippen LogP contribution in [-0.4, -0.2) is 34.3 Å². The van der Waals surface area contributed by atoms with E-state index in [1.54, 1.807) is 7.05 Å². The number of para-hydroxylation sites is 2. The highest BCUT2D eigenvalue weighted by Gasteiger charge is 2.22. The fraction of sp³-hybridized carbons (Fsp3) is 0.278. The molecule has 1 aliphatic heterocycles. The summed E-state index contributed by atoms with van der Waals surface area (Å²) in [5.41, 5.74) is -0.836. The van der Waals surface area contributed by atoms with Gasteiger partial charge in [0.25, 0.3) is 11.5 Å². The molecule has 1 N–H and O–H groups in total. The number of hydrogen-bond donors (Lipinski definition) is 1. The molecule has 1 amide bonds. The summed E-state index contributed by atoms with van der Waals surface area (Å²) in [5.74, 6) is 0.998. The van der Waals surface area contributed by atoms with Gasteiger partial charge in [0.05, 0.1) is 16.8 Å². The minimum absolute atomic E-state index is 0.262. The molecule has 27 heavy (non-hydrogen) atoms. The summed E-state index contributed by atoms with van der Waals surface area (Å²) in [6, 6.07) is 8.87. The van der Waals surface area contributed by atoms with Crippen LogP contribution >= 0.6 is 11.3 Å². The lowest BCUT2D eigenvalue weighted by molar-refractivity contribution is 0.0791. The molecule has 3 aromatic rings. The largest absolute Gasteiger partial charge is 0.486 e. The average molecular weight is 387 g/mol. The number of nitrogens with one attached hydrogen (secondary N) is 1. The highest BCUT2D eigenvalue weighted by atomic mass is 32.1.